The average molecular weight is 457 g/mol. The lowest BCUT2D eigenvalue weighted by atomic mass is 10.1. The van der Waals surface area contributed by atoms with E-state index in [2.05, 4.69) is 31.5 Å². The van der Waals surface area contributed by atoms with E-state index in [9.17, 15) is 4.79 Å². The predicted molar refractivity (Wildman–Crippen MR) is 133 cm³/mol. The number of aryl methyl sites for hydroxylation is 1. The van der Waals surface area contributed by atoms with Crippen molar-refractivity contribution in [1.29, 1.82) is 0 Å². The summed E-state index contributed by atoms with van der Waals surface area (Å²) in [5, 5.41) is 21.8. The normalized spacial score (nSPS) is 11.2. The minimum Gasteiger partial charge on any atom is -0.367 e. The molecule has 1 amide bonds. The summed E-state index contributed by atoms with van der Waals surface area (Å²) >= 11 is 5.29. The molecular weight excluding hydrogens is 424 g/mol. The zero-order chi connectivity index (χ0) is 23.1. The molecule has 172 valence electrons. The van der Waals surface area contributed by atoms with Gasteiger partial charge in [0.05, 0.1) is 11.0 Å². The van der Waals surface area contributed by atoms with E-state index in [1.807, 2.05) is 50.3 Å². The predicted octanol–water partition coefficient (Wildman–Crippen LogP) is 3.25. The quantitative estimate of drug-likeness (QED) is 0.272. The molecule has 32 heavy (non-hydrogen) atoms. The number of benzene rings is 1. The molecule has 0 aliphatic heterocycles. The first kappa shape index (κ1) is 23.6. The number of anilines is 2. The van der Waals surface area contributed by atoms with Crippen LogP contribution >= 0.6 is 12.2 Å². The summed E-state index contributed by atoms with van der Waals surface area (Å²) in [4.78, 5) is 16.5. The molecule has 0 saturated carbocycles. The van der Waals surface area contributed by atoms with Crippen molar-refractivity contribution in [3.8, 4) is 0 Å². The van der Waals surface area contributed by atoms with Crippen LogP contribution in [0.2, 0.25) is 0 Å². The Labute approximate surface area is 193 Å². The van der Waals surface area contributed by atoms with Crippen molar-refractivity contribution in [3.05, 3.63) is 24.0 Å². The van der Waals surface area contributed by atoms with E-state index in [0.717, 1.165) is 48.5 Å². The third kappa shape index (κ3) is 6.03. The van der Waals surface area contributed by atoms with E-state index in [1.165, 1.54) is 0 Å². The van der Waals surface area contributed by atoms with Gasteiger partial charge in [-0.05, 0) is 63.0 Å². The first-order valence-electron chi connectivity index (χ1n) is 11.1. The van der Waals surface area contributed by atoms with Crippen LogP contribution in [0.25, 0.3) is 16.7 Å². The lowest BCUT2D eigenvalue weighted by Crippen LogP contribution is -2.27. The number of hydrogen-bond donors (Lipinski definition) is 4. The van der Waals surface area contributed by atoms with Crippen molar-refractivity contribution in [2.24, 2.45) is 5.92 Å². The Hall–Kier alpha value is -3.01. The zero-order valence-electron chi connectivity index (χ0n) is 19.2. The minimum absolute atomic E-state index is 0.116. The number of amides is 1. The van der Waals surface area contributed by atoms with Gasteiger partial charge in [0.15, 0.2) is 10.9 Å². The van der Waals surface area contributed by atoms with Gasteiger partial charge in [-0.25, -0.2) is 4.98 Å². The lowest BCUT2D eigenvalue weighted by molar-refractivity contribution is -0.121. The average Bonchev–Trinajstić information content (AvgIpc) is 3.12. The van der Waals surface area contributed by atoms with Gasteiger partial charge in [-0.1, -0.05) is 13.8 Å². The molecule has 0 aliphatic rings. The van der Waals surface area contributed by atoms with Crippen LogP contribution in [-0.4, -0.2) is 50.2 Å². The molecule has 0 unspecified atom stereocenters. The molecule has 4 N–H and O–H groups in total. The maximum atomic E-state index is 11.7. The number of unbranched alkanes of at least 4 members (excludes halogenated alkanes) is 1. The van der Waals surface area contributed by atoms with Gasteiger partial charge >= 0.3 is 0 Å². The maximum absolute atomic E-state index is 11.7. The van der Waals surface area contributed by atoms with Crippen LogP contribution in [-0.2, 0) is 4.79 Å². The molecule has 3 aromatic rings. The first-order chi connectivity index (χ1) is 15.4. The number of rotatable bonds is 10. The van der Waals surface area contributed by atoms with Gasteiger partial charge in [0.1, 0.15) is 5.82 Å². The molecule has 0 spiro atoms. The van der Waals surface area contributed by atoms with Gasteiger partial charge in [-0.2, -0.15) is 0 Å². The van der Waals surface area contributed by atoms with E-state index >= 15 is 0 Å². The number of carbonyl (C=O) groups excluding carboxylic acids is 1. The fourth-order valence-electron chi connectivity index (χ4n) is 3.43. The number of fused-ring (bicyclic) bond motifs is 3. The van der Waals surface area contributed by atoms with Crippen molar-refractivity contribution in [2.45, 2.75) is 47.0 Å². The van der Waals surface area contributed by atoms with E-state index in [0.29, 0.717) is 35.5 Å². The second-order valence-electron chi connectivity index (χ2n) is 8.14. The summed E-state index contributed by atoms with van der Waals surface area (Å²) < 4.78 is 2.00. The van der Waals surface area contributed by atoms with Crippen LogP contribution in [0.3, 0.4) is 0 Å². The Kier molecular flexibility index (Phi) is 8.15. The van der Waals surface area contributed by atoms with Crippen LogP contribution in [0.5, 0.6) is 0 Å². The van der Waals surface area contributed by atoms with Gasteiger partial charge in [0.2, 0.25) is 11.6 Å². The Morgan fingerprint density at radius 1 is 1.16 bits per heavy atom. The number of hydrogen-bond acceptors (Lipinski definition) is 6. The number of nitrogens with zero attached hydrogens (tertiary/aromatic N) is 4. The SMILES string of the molecule is CCNC(=S)Nc1ccc2nc(NCCCCNC(=O)CC(C)C)c3nnc(C)n3c2c1. The molecule has 0 aliphatic carbocycles. The van der Waals surface area contributed by atoms with E-state index in [1.54, 1.807) is 0 Å². The van der Waals surface area contributed by atoms with Crippen molar-refractivity contribution in [2.75, 3.05) is 30.3 Å². The molecule has 9 nitrogen and oxygen atoms in total. The molecule has 0 fully saturated rings. The summed E-state index contributed by atoms with van der Waals surface area (Å²) in [7, 11) is 0. The maximum Gasteiger partial charge on any atom is 0.220 e. The van der Waals surface area contributed by atoms with Gasteiger partial charge in [0.25, 0.3) is 0 Å². The summed E-state index contributed by atoms with van der Waals surface area (Å²) in [6.45, 7) is 10.2. The molecule has 3 rings (SSSR count). The molecule has 0 bridgehead atoms. The molecule has 0 saturated heterocycles. The van der Waals surface area contributed by atoms with Gasteiger partial charge in [0, 0.05) is 31.7 Å². The molecule has 10 heteroatoms. The highest BCUT2D eigenvalue weighted by Gasteiger charge is 2.13. The smallest absolute Gasteiger partial charge is 0.220 e. The standard InChI is InChI=1S/C22H32N8OS/c1-5-23-22(32)26-16-8-9-17-18(13-16)30-15(4)28-29-21(30)20(27-17)25-11-7-6-10-24-19(31)12-14(2)3/h8-9,13-14H,5-7,10-12H2,1-4H3,(H,24,31)(H,25,27)(H2,23,26,32). The molecule has 1 aromatic carbocycles. The minimum atomic E-state index is 0.116. The number of carbonyl (C=O) groups is 1. The third-order valence-electron chi connectivity index (χ3n) is 4.89. The Morgan fingerprint density at radius 2 is 1.94 bits per heavy atom. The van der Waals surface area contributed by atoms with Gasteiger partial charge in [-0.15, -0.1) is 10.2 Å². The second-order valence-corrected chi connectivity index (χ2v) is 8.54. The van der Waals surface area contributed by atoms with Crippen LogP contribution in [0.15, 0.2) is 18.2 Å². The van der Waals surface area contributed by atoms with E-state index < -0.39 is 0 Å². The van der Waals surface area contributed by atoms with Crippen molar-refractivity contribution in [1.82, 2.24) is 30.2 Å². The third-order valence-corrected chi connectivity index (χ3v) is 5.14. The molecular formula is C22H32N8OS. The summed E-state index contributed by atoms with van der Waals surface area (Å²) in [6, 6.07) is 5.91. The Morgan fingerprint density at radius 3 is 2.69 bits per heavy atom. The zero-order valence-corrected chi connectivity index (χ0v) is 20.0. The van der Waals surface area contributed by atoms with Crippen molar-refractivity contribution in [3.63, 3.8) is 0 Å². The molecule has 0 radical (unpaired) electrons. The number of thiocarbonyl (C=S) groups is 1. The molecule has 2 heterocycles. The largest absolute Gasteiger partial charge is 0.367 e. The number of nitrogens with one attached hydrogen (secondary N) is 4. The van der Waals surface area contributed by atoms with E-state index in [-0.39, 0.29) is 5.91 Å². The van der Waals surface area contributed by atoms with Crippen LogP contribution < -0.4 is 21.3 Å². The summed E-state index contributed by atoms with van der Waals surface area (Å²) in [5.74, 6) is 1.98. The fourth-order valence-corrected chi connectivity index (χ4v) is 3.69. The highest BCUT2D eigenvalue weighted by Crippen LogP contribution is 2.24. The highest BCUT2D eigenvalue weighted by molar-refractivity contribution is 7.80. The van der Waals surface area contributed by atoms with Crippen molar-refractivity contribution >= 4 is 51.4 Å². The van der Waals surface area contributed by atoms with Crippen LogP contribution in [0.1, 0.15) is 45.9 Å². The molecule has 0 atom stereocenters. The van der Waals surface area contributed by atoms with Gasteiger partial charge < -0.3 is 21.3 Å². The second kappa shape index (κ2) is 11.0. The van der Waals surface area contributed by atoms with Crippen LogP contribution in [0.4, 0.5) is 11.5 Å². The summed E-state index contributed by atoms with van der Waals surface area (Å²) in [6.07, 6.45) is 2.38. The topological polar surface area (TPSA) is 108 Å². The summed E-state index contributed by atoms with van der Waals surface area (Å²) in [5.41, 5.74) is 3.31. The van der Waals surface area contributed by atoms with Crippen LogP contribution in [0, 0.1) is 12.8 Å². The monoisotopic (exact) mass is 456 g/mol. The van der Waals surface area contributed by atoms with Gasteiger partial charge in [-0.3, -0.25) is 9.20 Å². The lowest BCUT2D eigenvalue weighted by Gasteiger charge is -2.12. The fraction of sp³-hybridized carbons (Fsp3) is 0.500. The van der Waals surface area contributed by atoms with E-state index in [4.69, 9.17) is 17.2 Å². The van der Waals surface area contributed by atoms with Crippen molar-refractivity contribution < 1.29 is 4.79 Å². The highest BCUT2D eigenvalue weighted by atomic mass is 32.1. The Bertz CT molecular complexity index is 1090. The Balaban J connectivity index is 1.67. The molecule has 2 aromatic heterocycles. The first-order valence-corrected chi connectivity index (χ1v) is 11.5. The number of aromatic nitrogens is 4.